The monoisotopic (exact) mass is 478 g/mol. The molecule has 0 unspecified atom stereocenters. The first kappa shape index (κ1) is 22.7. The zero-order valence-electron chi connectivity index (χ0n) is 20.6. The molecule has 2 fully saturated rings. The lowest BCUT2D eigenvalue weighted by Crippen LogP contribution is -2.37. The summed E-state index contributed by atoms with van der Waals surface area (Å²) in [6, 6.07) is 38.0. The molecule has 4 aromatic carbocycles. The summed E-state index contributed by atoms with van der Waals surface area (Å²) < 4.78 is 11.2. The summed E-state index contributed by atoms with van der Waals surface area (Å²) in [5.74, 6) is 1.42. The van der Waals surface area contributed by atoms with Crippen molar-refractivity contribution in [2.45, 2.75) is 24.2 Å². The number of anilines is 1. The lowest BCUT2D eigenvalue weighted by molar-refractivity contribution is -0.198. The fraction of sp³-hybridized carbons (Fsp3) is 0.226. The lowest BCUT2D eigenvalue weighted by atomic mass is 9.84. The van der Waals surface area contributed by atoms with Gasteiger partial charge in [-0.3, -0.25) is 4.84 Å². The van der Waals surface area contributed by atoms with Crippen LogP contribution in [0.2, 0.25) is 0 Å². The van der Waals surface area contributed by atoms with Gasteiger partial charge in [0.2, 0.25) is 0 Å². The van der Waals surface area contributed by atoms with E-state index in [0.717, 1.165) is 24.2 Å². The highest BCUT2D eigenvalue weighted by molar-refractivity contribution is 5.54. The fourth-order valence-corrected chi connectivity index (χ4v) is 5.70. The van der Waals surface area contributed by atoms with Crippen molar-refractivity contribution in [3.63, 3.8) is 0 Å². The maximum absolute atomic E-state index is 6.90. The average Bonchev–Trinajstić information content (AvgIpc) is 3.49. The molecule has 0 aliphatic carbocycles. The molecule has 182 valence electrons. The lowest BCUT2D eigenvalue weighted by Gasteiger charge is -2.33. The highest BCUT2D eigenvalue weighted by Gasteiger charge is 2.59. The summed E-state index contributed by atoms with van der Waals surface area (Å²) in [7, 11) is 3.34. The Morgan fingerprint density at radius 3 is 2.03 bits per heavy atom. The van der Waals surface area contributed by atoms with Gasteiger partial charge in [0.1, 0.15) is 12.3 Å². The quantitative estimate of drug-likeness (QED) is 0.316. The van der Waals surface area contributed by atoms with E-state index in [2.05, 4.69) is 113 Å². The molecule has 0 aromatic heterocycles. The van der Waals surface area contributed by atoms with Crippen LogP contribution in [0, 0.1) is 0 Å². The molecule has 2 aliphatic heterocycles. The Hall–Kier alpha value is -3.80. The average molecular weight is 479 g/mol. The second-order valence-corrected chi connectivity index (χ2v) is 9.38. The molecule has 5 heteroatoms. The first-order valence-electron chi connectivity index (χ1n) is 12.3. The molecule has 3 atom stereocenters. The first-order chi connectivity index (χ1) is 17.7. The molecule has 2 heterocycles. The Morgan fingerprint density at radius 1 is 0.722 bits per heavy atom. The number of hydrogen-bond acceptors (Lipinski definition) is 5. The summed E-state index contributed by atoms with van der Waals surface area (Å²) in [6.07, 6.45) is 0.668. The van der Waals surface area contributed by atoms with E-state index < -0.39 is 0 Å². The molecule has 2 aliphatic rings. The molecular formula is C31H30N2O3. The van der Waals surface area contributed by atoms with Crippen LogP contribution >= 0.6 is 0 Å². The Kier molecular flexibility index (Phi) is 5.88. The van der Waals surface area contributed by atoms with Gasteiger partial charge in [0.05, 0.1) is 19.8 Å². The summed E-state index contributed by atoms with van der Waals surface area (Å²) in [6.45, 7) is 0.795. The number of para-hydroxylation sites is 1. The largest absolute Gasteiger partial charge is 0.493 e. The molecule has 0 N–H and O–H groups in total. The number of fused-ring (bicyclic) bond motifs is 1. The molecule has 2 saturated heterocycles. The molecule has 0 amide bonds. The van der Waals surface area contributed by atoms with Gasteiger partial charge >= 0.3 is 0 Å². The highest BCUT2D eigenvalue weighted by Crippen LogP contribution is 2.57. The van der Waals surface area contributed by atoms with E-state index in [1.54, 1.807) is 14.2 Å². The molecule has 0 saturated carbocycles. The van der Waals surface area contributed by atoms with Crippen molar-refractivity contribution in [3.8, 4) is 11.5 Å². The Morgan fingerprint density at radius 2 is 1.36 bits per heavy atom. The maximum Gasteiger partial charge on any atom is 0.161 e. The van der Waals surface area contributed by atoms with E-state index in [1.807, 2.05) is 6.07 Å². The predicted molar refractivity (Wildman–Crippen MR) is 141 cm³/mol. The minimum absolute atomic E-state index is 0.0352. The normalized spacial score (nSPS) is 23.4. The van der Waals surface area contributed by atoms with Gasteiger partial charge in [0.15, 0.2) is 11.5 Å². The molecule has 0 radical (unpaired) electrons. The van der Waals surface area contributed by atoms with Crippen molar-refractivity contribution < 1.29 is 14.3 Å². The molecule has 4 aromatic rings. The molecule has 6 rings (SSSR count). The van der Waals surface area contributed by atoms with Crippen molar-refractivity contribution in [3.05, 3.63) is 126 Å². The number of rotatable bonds is 6. The van der Waals surface area contributed by atoms with Gasteiger partial charge in [-0.2, -0.15) is 0 Å². The smallest absolute Gasteiger partial charge is 0.161 e. The van der Waals surface area contributed by atoms with Gasteiger partial charge in [-0.15, -0.1) is 5.06 Å². The first-order valence-corrected chi connectivity index (χ1v) is 12.3. The standard InChI is InChI=1S/C31H30N2O3/c1-34-27-19-18-24(20-28(27)35-2)30-32(26-16-10-5-11-17-26)22-31(25-14-8-4-9-15-25)21-29(36-33(30)31)23-12-6-3-7-13-23/h3-20,29-30H,21-22H2,1-2H3/t29-,30-,31+/m1/s1. The maximum atomic E-state index is 6.90. The van der Waals surface area contributed by atoms with Crippen LogP contribution in [0.3, 0.4) is 0 Å². The van der Waals surface area contributed by atoms with Crippen molar-refractivity contribution in [2.75, 3.05) is 25.7 Å². The Bertz CT molecular complexity index is 1320. The molecule has 0 bridgehead atoms. The Balaban J connectivity index is 1.51. The van der Waals surface area contributed by atoms with E-state index in [0.29, 0.717) is 11.5 Å². The third-order valence-electron chi connectivity index (χ3n) is 7.41. The third-order valence-corrected chi connectivity index (χ3v) is 7.41. The molecule has 36 heavy (non-hydrogen) atoms. The zero-order valence-corrected chi connectivity index (χ0v) is 20.6. The van der Waals surface area contributed by atoms with E-state index in [9.17, 15) is 0 Å². The van der Waals surface area contributed by atoms with Crippen LogP contribution in [-0.4, -0.2) is 25.8 Å². The van der Waals surface area contributed by atoms with Gasteiger partial charge in [-0.1, -0.05) is 84.9 Å². The number of hydrogen-bond donors (Lipinski definition) is 0. The van der Waals surface area contributed by atoms with Crippen LogP contribution in [0.25, 0.3) is 0 Å². The van der Waals surface area contributed by atoms with Crippen LogP contribution < -0.4 is 14.4 Å². The van der Waals surface area contributed by atoms with E-state index in [1.165, 1.54) is 11.1 Å². The van der Waals surface area contributed by atoms with E-state index in [4.69, 9.17) is 14.3 Å². The van der Waals surface area contributed by atoms with Crippen LogP contribution in [0.15, 0.2) is 109 Å². The van der Waals surface area contributed by atoms with Crippen LogP contribution in [-0.2, 0) is 10.4 Å². The summed E-state index contributed by atoms with van der Waals surface area (Å²) in [5.41, 5.74) is 4.37. The van der Waals surface area contributed by atoms with E-state index >= 15 is 0 Å². The number of hydroxylamine groups is 2. The van der Waals surface area contributed by atoms with Crippen molar-refractivity contribution in [1.29, 1.82) is 0 Å². The number of methoxy groups -OCH3 is 2. The van der Waals surface area contributed by atoms with Crippen molar-refractivity contribution in [1.82, 2.24) is 5.06 Å². The van der Waals surface area contributed by atoms with Gasteiger partial charge in [0.25, 0.3) is 0 Å². The zero-order chi connectivity index (χ0) is 24.5. The van der Waals surface area contributed by atoms with Crippen LogP contribution in [0.4, 0.5) is 5.69 Å². The van der Waals surface area contributed by atoms with Crippen LogP contribution in [0.1, 0.15) is 35.4 Å². The number of ether oxygens (including phenoxy) is 2. The minimum Gasteiger partial charge on any atom is -0.493 e. The second kappa shape index (κ2) is 9.34. The summed E-state index contributed by atoms with van der Waals surface area (Å²) in [4.78, 5) is 9.34. The number of nitrogens with zero attached hydrogens (tertiary/aromatic N) is 2. The van der Waals surface area contributed by atoms with Crippen molar-refractivity contribution >= 4 is 5.69 Å². The SMILES string of the molecule is COc1ccc([C@@H]2N(c3ccccc3)C[C@]3(c4ccccc4)C[C@H](c4ccccc4)ON23)cc1OC. The molecule has 5 nitrogen and oxygen atoms in total. The Labute approximate surface area is 212 Å². The molecular weight excluding hydrogens is 448 g/mol. The van der Waals surface area contributed by atoms with Gasteiger partial charge in [-0.05, 0) is 41.0 Å². The van der Waals surface area contributed by atoms with Crippen LogP contribution in [0.5, 0.6) is 11.5 Å². The minimum atomic E-state index is -0.324. The van der Waals surface area contributed by atoms with Gasteiger partial charge < -0.3 is 14.4 Å². The summed E-state index contributed by atoms with van der Waals surface area (Å²) in [5, 5.41) is 2.23. The highest BCUT2D eigenvalue weighted by atomic mass is 16.7. The topological polar surface area (TPSA) is 34.2 Å². The van der Waals surface area contributed by atoms with Gasteiger partial charge in [-0.25, -0.2) is 0 Å². The summed E-state index contributed by atoms with van der Waals surface area (Å²) >= 11 is 0. The number of benzene rings is 4. The predicted octanol–water partition coefficient (Wildman–Crippen LogP) is 6.50. The van der Waals surface area contributed by atoms with Crippen molar-refractivity contribution in [2.24, 2.45) is 0 Å². The second-order valence-electron chi connectivity index (χ2n) is 9.38. The third kappa shape index (κ3) is 3.72. The van der Waals surface area contributed by atoms with E-state index in [-0.39, 0.29) is 17.8 Å². The molecule has 0 spiro atoms. The fourth-order valence-electron chi connectivity index (χ4n) is 5.70. The van der Waals surface area contributed by atoms with Gasteiger partial charge in [0, 0.05) is 18.7 Å².